The number of nitrogens with zero attached hydrogens (tertiary/aromatic N) is 7. The van der Waals surface area contributed by atoms with E-state index in [1.54, 1.807) is 107 Å². The Kier molecular flexibility index (Phi) is 13.8. The van der Waals surface area contributed by atoms with Crippen LogP contribution in [0.3, 0.4) is 0 Å². The molecule has 1 saturated heterocycles. The fourth-order valence-electron chi connectivity index (χ4n) is 8.15. The van der Waals surface area contributed by atoms with Crippen LogP contribution in [0.5, 0.6) is 17.2 Å². The third kappa shape index (κ3) is 10.1. The largest absolute Gasteiger partial charge is 0.497 e. The average molecular weight is 981 g/mol. The van der Waals surface area contributed by atoms with Gasteiger partial charge in [-0.25, -0.2) is 31.3 Å². The molecule has 1 aliphatic rings. The highest BCUT2D eigenvalue weighted by Gasteiger charge is 2.42. The molecule has 0 unspecified atom stereocenters. The van der Waals surface area contributed by atoms with Crippen molar-refractivity contribution in [3.63, 3.8) is 0 Å². The highest BCUT2D eigenvalue weighted by atomic mass is 32.2. The number of carbonyl (C=O) groups excluding carboxylic acids is 1. The number of anilines is 1. The van der Waals surface area contributed by atoms with E-state index in [1.165, 1.54) is 45.5 Å². The molecule has 17 nitrogen and oxygen atoms in total. The van der Waals surface area contributed by atoms with Gasteiger partial charge in [0.1, 0.15) is 27.7 Å². The van der Waals surface area contributed by atoms with Gasteiger partial charge in [-0.1, -0.05) is 65.9 Å². The van der Waals surface area contributed by atoms with Crippen molar-refractivity contribution >= 4 is 52.6 Å². The summed E-state index contributed by atoms with van der Waals surface area (Å²) < 4.78 is 88.9. The number of ether oxygens (including phenoxy) is 4. The molecule has 68 heavy (non-hydrogen) atoms. The summed E-state index contributed by atoms with van der Waals surface area (Å²) in [5.74, 6) is 1.75. The van der Waals surface area contributed by atoms with E-state index in [0.29, 0.717) is 45.0 Å². The Morgan fingerprint density at radius 2 is 1.32 bits per heavy atom. The fraction of sp³-hybridized carbons (Fsp3) is 0.312. The average Bonchev–Trinajstić information content (AvgIpc) is 3.96. The first kappa shape index (κ1) is 47.9. The van der Waals surface area contributed by atoms with E-state index in [-0.39, 0.29) is 62.1 Å². The third-order valence-electron chi connectivity index (χ3n) is 11.6. The Morgan fingerprint density at radius 1 is 0.765 bits per heavy atom. The van der Waals surface area contributed by atoms with Gasteiger partial charge in [0.2, 0.25) is 10.0 Å². The molecule has 1 amide bonds. The molecular formula is C48H52N8O9S3. The number of thiazole rings is 1. The van der Waals surface area contributed by atoms with Gasteiger partial charge in [-0.3, -0.25) is 0 Å². The van der Waals surface area contributed by atoms with Crippen LogP contribution in [0.25, 0.3) is 32.7 Å². The minimum absolute atomic E-state index is 0.0137. The molecule has 356 valence electrons. The van der Waals surface area contributed by atoms with E-state index in [2.05, 4.69) is 20.5 Å². The zero-order chi connectivity index (χ0) is 48.4. The molecule has 1 aliphatic heterocycles. The van der Waals surface area contributed by atoms with E-state index in [4.69, 9.17) is 24.7 Å². The molecule has 0 bridgehead atoms. The normalized spacial score (nSPS) is 13.8. The number of fused-ring (bicyclic) bond motifs is 1. The molecule has 2 N–H and O–H groups in total. The highest BCUT2D eigenvalue weighted by Crippen LogP contribution is 2.45. The van der Waals surface area contributed by atoms with E-state index >= 15 is 16.8 Å². The molecule has 3 heterocycles. The van der Waals surface area contributed by atoms with Gasteiger partial charge < -0.3 is 29.6 Å². The highest BCUT2D eigenvalue weighted by molar-refractivity contribution is 7.94. The molecule has 8 rings (SSSR count). The summed E-state index contributed by atoms with van der Waals surface area (Å²) in [5.41, 5.74) is 8.68. The maximum Gasteiger partial charge on any atom is 0.410 e. The first-order valence-electron chi connectivity index (χ1n) is 21.7. The molecular weight excluding hydrogens is 929 g/mol. The van der Waals surface area contributed by atoms with Crippen molar-refractivity contribution in [2.45, 2.75) is 73.9 Å². The second-order valence-corrected chi connectivity index (χ2v) is 22.3. The van der Waals surface area contributed by atoms with Gasteiger partial charge in [-0.05, 0) is 115 Å². The number of sulfone groups is 1. The second-order valence-electron chi connectivity index (χ2n) is 17.2. The molecule has 1 fully saturated rings. The van der Waals surface area contributed by atoms with Gasteiger partial charge in [0.05, 0.1) is 53.8 Å². The lowest BCUT2D eigenvalue weighted by molar-refractivity contribution is 0.0217. The summed E-state index contributed by atoms with van der Waals surface area (Å²) in [5, 5.41) is 12.1. The first-order valence-corrected chi connectivity index (χ1v) is 25.5. The Hall–Kier alpha value is -6.61. The van der Waals surface area contributed by atoms with Gasteiger partial charge >= 0.3 is 6.09 Å². The lowest BCUT2D eigenvalue weighted by Gasteiger charge is -2.34. The van der Waals surface area contributed by atoms with Crippen molar-refractivity contribution in [2.75, 3.05) is 40.2 Å². The summed E-state index contributed by atoms with van der Waals surface area (Å²) in [6.45, 7) is 5.13. The van der Waals surface area contributed by atoms with Crippen LogP contribution < -0.4 is 19.9 Å². The number of nitrogen functional groups attached to an aromatic ring is 1. The maximum atomic E-state index is 16.3. The number of nitrogens with two attached hydrogens (primary N) is 1. The Bertz CT molecular complexity index is 3100. The van der Waals surface area contributed by atoms with Crippen LogP contribution in [0.2, 0.25) is 0 Å². The summed E-state index contributed by atoms with van der Waals surface area (Å²) in [6.07, 6.45) is -0.519. The van der Waals surface area contributed by atoms with Gasteiger partial charge in [-0.2, -0.15) is 4.31 Å². The van der Waals surface area contributed by atoms with Crippen LogP contribution in [0.4, 0.5) is 9.93 Å². The maximum absolute atomic E-state index is 16.3. The molecule has 7 aromatic rings. The molecule has 5 aromatic carbocycles. The standard InChI is InChI=1S/C48H52N8O9S3/c1-48(2,3)65-47(57)54-26-24-37(25-27-54)67(58,59)41-23-22-38(39-8-7-9-40-43(39)50-46(49)66-40)42(45-51-52-53-56(45)30-33-14-20-36(64-6)21-15-33)44(41)68(60,61)55(28-31-10-16-34(62-4)17-11-31)29-32-12-18-35(63-5)19-13-32/h7-23,37H,24-30H2,1-6H3,(H2,49,50). The Morgan fingerprint density at radius 3 is 1.87 bits per heavy atom. The molecule has 0 spiro atoms. The molecule has 0 radical (unpaired) electrons. The monoisotopic (exact) mass is 980 g/mol. The summed E-state index contributed by atoms with van der Waals surface area (Å²) in [6, 6.07) is 29.5. The van der Waals surface area contributed by atoms with Gasteiger partial charge in [0.15, 0.2) is 20.8 Å². The number of hydrogen-bond acceptors (Lipinski definition) is 15. The number of likely N-dealkylation sites (tertiary alicyclic amines) is 1. The number of tetrazole rings is 1. The quantitative estimate of drug-likeness (QED) is 0.104. The van der Waals surface area contributed by atoms with Crippen LogP contribution in [0.15, 0.2) is 113 Å². The number of amides is 1. The summed E-state index contributed by atoms with van der Waals surface area (Å²) in [7, 11) is -4.81. The van der Waals surface area contributed by atoms with Crippen LogP contribution in [-0.4, -0.2) is 103 Å². The summed E-state index contributed by atoms with van der Waals surface area (Å²) in [4.78, 5) is 18.3. The molecule has 2 aromatic heterocycles. The third-order valence-corrected chi connectivity index (χ3v) is 16.7. The fourth-order valence-corrected chi connectivity index (χ4v) is 13.1. The van der Waals surface area contributed by atoms with Crippen LogP contribution in [0.1, 0.15) is 50.3 Å². The van der Waals surface area contributed by atoms with Crippen LogP contribution in [0, 0.1) is 0 Å². The van der Waals surface area contributed by atoms with Crippen molar-refractivity contribution in [1.29, 1.82) is 0 Å². The molecule has 0 atom stereocenters. The Balaban J connectivity index is 1.38. The van der Waals surface area contributed by atoms with E-state index < -0.39 is 46.6 Å². The topological polar surface area (TPSA) is 211 Å². The lowest BCUT2D eigenvalue weighted by Crippen LogP contribution is -2.44. The van der Waals surface area contributed by atoms with E-state index in [0.717, 1.165) is 10.3 Å². The first-order chi connectivity index (χ1) is 32.5. The van der Waals surface area contributed by atoms with Crippen LogP contribution in [-0.2, 0) is 44.2 Å². The summed E-state index contributed by atoms with van der Waals surface area (Å²) >= 11 is 1.26. The van der Waals surface area contributed by atoms with Crippen molar-refractivity contribution in [1.82, 2.24) is 34.4 Å². The molecule has 20 heteroatoms. The van der Waals surface area contributed by atoms with Crippen molar-refractivity contribution in [3.05, 3.63) is 120 Å². The van der Waals surface area contributed by atoms with Crippen LogP contribution >= 0.6 is 11.3 Å². The Labute approximate surface area is 399 Å². The minimum Gasteiger partial charge on any atom is -0.497 e. The lowest BCUT2D eigenvalue weighted by atomic mass is 9.98. The number of piperidine rings is 1. The van der Waals surface area contributed by atoms with Crippen molar-refractivity contribution < 1.29 is 40.6 Å². The number of sulfonamides is 1. The van der Waals surface area contributed by atoms with Gasteiger partial charge in [0, 0.05) is 31.7 Å². The smallest absolute Gasteiger partial charge is 0.410 e. The number of carbonyl (C=O) groups is 1. The number of hydrogen-bond donors (Lipinski definition) is 1. The number of benzene rings is 5. The predicted molar refractivity (Wildman–Crippen MR) is 259 cm³/mol. The van der Waals surface area contributed by atoms with E-state index in [9.17, 15) is 4.79 Å². The minimum atomic E-state index is -4.92. The zero-order valence-electron chi connectivity index (χ0n) is 38.4. The predicted octanol–water partition coefficient (Wildman–Crippen LogP) is 7.84. The number of rotatable bonds is 15. The van der Waals surface area contributed by atoms with Crippen molar-refractivity contribution in [3.8, 4) is 39.8 Å². The number of aromatic nitrogens is 5. The zero-order valence-corrected chi connectivity index (χ0v) is 40.9. The molecule has 0 saturated carbocycles. The van der Waals surface area contributed by atoms with Gasteiger partial charge in [0.25, 0.3) is 0 Å². The molecule has 0 aliphatic carbocycles. The SMILES string of the molecule is COc1ccc(CN(Cc2ccc(OC)cc2)S(=O)(=O)c2c(S(=O)(=O)C3CCN(C(=O)OC(C)(C)C)CC3)ccc(-c3cccc4sc(N)nc34)c2-c2nnnn2Cc2ccc(OC)cc2)cc1. The van der Waals surface area contributed by atoms with Gasteiger partial charge in [-0.15, -0.1) is 5.10 Å². The number of methoxy groups -OCH3 is 3. The van der Waals surface area contributed by atoms with Crippen molar-refractivity contribution in [2.24, 2.45) is 0 Å². The second kappa shape index (κ2) is 19.5. The van der Waals surface area contributed by atoms with E-state index in [1.807, 2.05) is 18.2 Å². The number of para-hydroxylation sites is 1.